The fraction of sp³-hybridized carbons (Fsp3) is 0.0667. The average Bonchev–Trinajstić information content (AvgIpc) is 2.88. The predicted octanol–water partition coefficient (Wildman–Crippen LogP) is 2.64. The number of oxazole rings is 1. The standard InChI is InChI=1S/C15H12FN3O3/c16-9-4-5-12-13(6-9)22-15(19-12)18-11-3-1-2-10(7-11)17-14(21)8-20/h1-7,20H,8H2,(H,17,21)(H,18,19). The van der Waals surface area contributed by atoms with Gasteiger partial charge in [0.15, 0.2) is 5.58 Å². The van der Waals surface area contributed by atoms with Crippen LogP contribution in [0.15, 0.2) is 46.9 Å². The van der Waals surface area contributed by atoms with Crippen LogP contribution in [0.2, 0.25) is 0 Å². The molecule has 1 heterocycles. The van der Waals surface area contributed by atoms with Gasteiger partial charge in [-0.05, 0) is 30.3 Å². The molecule has 0 spiro atoms. The quantitative estimate of drug-likeness (QED) is 0.689. The van der Waals surface area contributed by atoms with Crippen molar-refractivity contribution in [2.45, 2.75) is 0 Å². The van der Waals surface area contributed by atoms with Gasteiger partial charge in [-0.25, -0.2) is 4.39 Å². The molecule has 22 heavy (non-hydrogen) atoms. The minimum Gasteiger partial charge on any atom is -0.423 e. The average molecular weight is 301 g/mol. The Kier molecular flexibility index (Phi) is 3.71. The van der Waals surface area contributed by atoms with Crippen LogP contribution in [0.25, 0.3) is 11.1 Å². The number of nitrogens with one attached hydrogen (secondary N) is 2. The normalized spacial score (nSPS) is 10.6. The van der Waals surface area contributed by atoms with Gasteiger partial charge in [-0.3, -0.25) is 4.79 Å². The number of hydrogen-bond donors (Lipinski definition) is 3. The summed E-state index contributed by atoms with van der Waals surface area (Å²) < 4.78 is 18.5. The molecule has 2 aromatic carbocycles. The number of aliphatic hydroxyl groups excluding tert-OH is 1. The minimum absolute atomic E-state index is 0.214. The molecule has 0 aliphatic heterocycles. The number of aromatic nitrogens is 1. The van der Waals surface area contributed by atoms with Gasteiger partial charge < -0.3 is 20.2 Å². The van der Waals surface area contributed by atoms with Gasteiger partial charge in [0.2, 0.25) is 5.91 Å². The fourth-order valence-corrected chi connectivity index (χ4v) is 1.95. The number of rotatable bonds is 4. The molecule has 3 rings (SSSR count). The van der Waals surface area contributed by atoms with Crippen molar-refractivity contribution in [1.82, 2.24) is 4.98 Å². The molecule has 0 radical (unpaired) electrons. The third kappa shape index (κ3) is 3.04. The van der Waals surface area contributed by atoms with Gasteiger partial charge in [0.1, 0.15) is 17.9 Å². The van der Waals surface area contributed by atoms with Crippen LogP contribution in [0.3, 0.4) is 0 Å². The zero-order valence-electron chi connectivity index (χ0n) is 11.3. The lowest BCUT2D eigenvalue weighted by Gasteiger charge is -2.06. The number of hydrogen-bond acceptors (Lipinski definition) is 5. The van der Waals surface area contributed by atoms with Gasteiger partial charge in [-0.1, -0.05) is 6.07 Å². The van der Waals surface area contributed by atoms with Crippen molar-refractivity contribution < 1.29 is 18.7 Å². The Labute approximate surface area is 124 Å². The largest absolute Gasteiger partial charge is 0.423 e. The zero-order chi connectivity index (χ0) is 15.5. The van der Waals surface area contributed by atoms with Crippen molar-refractivity contribution in [2.75, 3.05) is 17.2 Å². The summed E-state index contributed by atoms with van der Waals surface area (Å²) in [6.45, 7) is -0.589. The number of benzene rings is 2. The van der Waals surface area contributed by atoms with Crippen molar-refractivity contribution in [3.8, 4) is 0 Å². The molecule has 3 aromatic rings. The van der Waals surface area contributed by atoms with Crippen molar-refractivity contribution >= 4 is 34.4 Å². The summed E-state index contributed by atoms with van der Waals surface area (Å²) >= 11 is 0. The zero-order valence-corrected chi connectivity index (χ0v) is 11.3. The molecule has 0 unspecified atom stereocenters. The summed E-state index contributed by atoms with van der Waals surface area (Å²) in [5.74, 6) is -0.904. The molecule has 0 atom stereocenters. The van der Waals surface area contributed by atoms with Crippen molar-refractivity contribution in [3.63, 3.8) is 0 Å². The molecule has 0 aliphatic carbocycles. The number of nitrogens with zero attached hydrogens (tertiary/aromatic N) is 1. The summed E-state index contributed by atoms with van der Waals surface area (Å²) in [6, 6.07) is 11.1. The van der Waals surface area contributed by atoms with Gasteiger partial charge in [0, 0.05) is 17.4 Å². The third-order valence-corrected chi connectivity index (χ3v) is 2.89. The Balaban J connectivity index is 1.82. The van der Waals surface area contributed by atoms with Gasteiger partial charge in [0.25, 0.3) is 6.01 Å². The molecular weight excluding hydrogens is 289 g/mol. The smallest absolute Gasteiger partial charge is 0.300 e. The predicted molar refractivity (Wildman–Crippen MR) is 79.4 cm³/mol. The monoisotopic (exact) mass is 301 g/mol. The van der Waals surface area contributed by atoms with Crippen molar-refractivity contribution in [3.05, 3.63) is 48.3 Å². The molecule has 0 fully saturated rings. The van der Waals surface area contributed by atoms with Crippen LogP contribution >= 0.6 is 0 Å². The Bertz CT molecular complexity index is 832. The highest BCUT2D eigenvalue weighted by molar-refractivity contribution is 5.92. The van der Waals surface area contributed by atoms with Crippen LogP contribution in [0, 0.1) is 5.82 Å². The number of carbonyl (C=O) groups is 1. The van der Waals surface area contributed by atoms with Crippen LogP contribution in [-0.4, -0.2) is 22.6 Å². The molecule has 0 saturated heterocycles. The molecule has 0 bridgehead atoms. The lowest BCUT2D eigenvalue weighted by atomic mass is 10.3. The van der Waals surface area contributed by atoms with Gasteiger partial charge in [-0.2, -0.15) is 4.98 Å². The minimum atomic E-state index is -0.589. The van der Waals surface area contributed by atoms with E-state index in [9.17, 15) is 9.18 Å². The summed E-state index contributed by atoms with van der Waals surface area (Å²) in [4.78, 5) is 15.3. The molecule has 6 nitrogen and oxygen atoms in total. The van der Waals surface area contributed by atoms with E-state index in [1.807, 2.05) is 0 Å². The number of halogens is 1. The van der Waals surface area contributed by atoms with Crippen LogP contribution < -0.4 is 10.6 Å². The van der Waals surface area contributed by atoms with E-state index in [0.29, 0.717) is 22.5 Å². The van der Waals surface area contributed by atoms with Crippen molar-refractivity contribution in [2.24, 2.45) is 0 Å². The Morgan fingerprint density at radius 3 is 2.86 bits per heavy atom. The molecule has 3 N–H and O–H groups in total. The number of fused-ring (bicyclic) bond motifs is 1. The topological polar surface area (TPSA) is 87.4 Å². The first kappa shape index (κ1) is 14.0. The van der Waals surface area contributed by atoms with E-state index in [1.54, 1.807) is 24.3 Å². The van der Waals surface area contributed by atoms with E-state index < -0.39 is 18.3 Å². The maximum atomic E-state index is 13.1. The second-order valence-electron chi connectivity index (χ2n) is 4.54. The van der Waals surface area contributed by atoms with Crippen LogP contribution in [0.5, 0.6) is 0 Å². The maximum Gasteiger partial charge on any atom is 0.300 e. The van der Waals surface area contributed by atoms with E-state index in [4.69, 9.17) is 9.52 Å². The molecule has 0 saturated carbocycles. The third-order valence-electron chi connectivity index (χ3n) is 2.89. The van der Waals surface area contributed by atoms with Gasteiger partial charge in [0.05, 0.1) is 0 Å². The second-order valence-corrected chi connectivity index (χ2v) is 4.54. The molecule has 112 valence electrons. The summed E-state index contributed by atoms with van der Waals surface area (Å²) in [6.07, 6.45) is 0. The Hall–Kier alpha value is -2.93. The van der Waals surface area contributed by atoms with Crippen LogP contribution in [-0.2, 0) is 4.79 Å². The Morgan fingerprint density at radius 2 is 2.05 bits per heavy atom. The highest BCUT2D eigenvalue weighted by atomic mass is 19.1. The van der Waals surface area contributed by atoms with Gasteiger partial charge >= 0.3 is 0 Å². The molecule has 0 aliphatic rings. The highest BCUT2D eigenvalue weighted by Gasteiger charge is 2.07. The lowest BCUT2D eigenvalue weighted by molar-refractivity contribution is -0.118. The highest BCUT2D eigenvalue weighted by Crippen LogP contribution is 2.24. The summed E-state index contributed by atoms with van der Waals surface area (Å²) in [5.41, 5.74) is 2.02. The van der Waals surface area contributed by atoms with E-state index in [0.717, 1.165) is 0 Å². The molecule has 7 heteroatoms. The van der Waals surface area contributed by atoms with E-state index >= 15 is 0 Å². The van der Waals surface area contributed by atoms with E-state index in [-0.39, 0.29) is 6.01 Å². The number of anilines is 3. The lowest BCUT2D eigenvalue weighted by Crippen LogP contribution is -2.15. The Morgan fingerprint density at radius 1 is 1.23 bits per heavy atom. The first-order chi connectivity index (χ1) is 10.6. The van der Waals surface area contributed by atoms with Gasteiger partial charge in [-0.15, -0.1) is 0 Å². The first-order valence-electron chi connectivity index (χ1n) is 6.48. The first-order valence-corrected chi connectivity index (χ1v) is 6.48. The summed E-state index contributed by atoms with van der Waals surface area (Å²) in [7, 11) is 0. The second kappa shape index (κ2) is 5.82. The maximum absolute atomic E-state index is 13.1. The van der Waals surface area contributed by atoms with E-state index in [1.165, 1.54) is 18.2 Å². The van der Waals surface area contributed by atoms with Crippen LogP contribution in [0.1, 0.15) is 0 Å². The summed E-state index contributed by atoms with van der Waals surface area (Å²) in [5, 5.41) is 14.2. The fourth-order valence-electron chi connectivity index (χ4n) is 1.95. The number of amides is 1. The van der Waals surface area contributed by atoms with Crippen LogP contribution in [0.4, 0.5) is 21.8 Å². The van der Waals surface area contributed by atoms with Crippen molar-refractivity contribution in [1.29, 1.82) is 0 Å². The number of carbonyl (C=O) groups excluding carboxylic acids is 1. The molecular formula is C15H12FN3O3. The molecule has 1 amide bonds. The number of aliphatic hydroxyl groups is 1. The van der Waals surface area contributed by atoms with E-state index in [2.05, 4.69) is 15.6 Å². The molecule has 1 aromatic heterocycles. The SMILES string of the molecule is O=C(CO)Nc1cccc(Nc2nc3ccc(F)cc3o2)c1.